The van der Waals surface area contributed by atoms with Crippen molar-refractivity contribution in [2.45, 2.75) is 72.5 Å². The number of rotatable bonds is 6. The normalized spacial score (nSPS) is 12.3. The number of hydrogen-bond donors (Lipinski definition) is 0. The zero-order valence-corrected chi connectivity index (χ0v) is 16.0. The van der Waals surface area contributed by atoms with Gasteiger partial charge in [0.1, 0.15) is 11.2 Å². The van der Waals surface area contributed by atoms with Crippen LogP contribution in [0.2, 0.25) is 0 Å². The van der Waals surface area contributed by atoms with Gasteiger partial charge in [0.25, 0.3) is 0 Å². The molecule has 134 valence electrons. The molecule has 0 amide bonds. The average Bonchev–Trinajstić information content (AvgIpc) is 2.38. The van der Waals surface area contributed by atoms with E-state index in [1.165, 1.54) is 0 Å². The Kier molecular flexibility index (Phi) is 7.99. The van der Waals surface area contributed by atoms with E-state index < -0.39 is 28.6 Å². The Balaban J connectivity index is 5.95. The second kappa shape index (κ2) is 8.73. The number of carbonyl (C=O) groups excluding carboxylic acids is 2. The van der Waals surface area contributed by atoms with Crippen LogP contribution in [0.5, 0.6) is 0 Å². The molecule has 0 radical (unpaired) electrons. The maximum absolute atomic E-state index is 12.9. The quantitative estimate of drug-likeness (QED) is 0.316. The van der Waals surface area contributed by atoms with Gasteiger partial charge in [0.2, 0.25) is 0 Å². The maximum atomic E-state index is 12.9. The second-order valence-electron chi connectivity index (χ2n) is 7.56. The lowest BCUT2D eigenvalue weighted by Crippen LogP contribution is -2.46. The van der Waals surface area contributed by atoms with Gasteiger partial charge < -0.3 is 9.47 Å². The fraction of sp³-hybridized carbons (Fsp3) is 0.600. The molecule has 4 nitrogen and oxygen atoms in total. The molecule has 0 fully saturated rings. The first-order chi connectivity index (χ1) is 10.9. The fourth-order valence-electron chi connectivity index (χ4n) is 1.82. The van der Waals surface area contributed by atoms with E-state index >= 15 is 0 Å². The summed E-state index contributed by atoms with van der Waals surface area (Å²) in [5.41, 5.74) is -2.93. The van der Waals surface area contributed by atoms with Crippen LogP contribution in [0.1, 0.15) is 61.3 Å². The smallest absolute Gasteiger partial charge is 0.325 e. The first-order valence-electron chi connectivity index (χ1n) is 8.02. The minimum atomic E-state index is -1.50. The zero-order chi connectivity index (χ0) is 19.0. The van der Waals surface area contributed by atoms with Crippen LogP contribution >= 0.6 is 0 Å². The summed E-state index contributed by atoms with van der Waals surface area (Å²) in [5, 5.41) is 0. The summed E-state index contributed by atoms with van der Waals surface area (Å²) in [5.74, 6) is 4.33. The second-order valence-corrected chi connectivity index (χ2v) is 7.56. The van der Waals surface area contributed by atoms with Crippen LogP contribution in [0.15, 0.2) is 24.8 Å². The van der Waals surface area contributed by atoms with Crippen LogP contribution in [-0.2, 0) is 19.1 Å². The molecule has 24 heavy (non-hydrogen) atoms. The molecule has 0 rings (SSSR count). The lowest BCUT2D eigenvalue weighted by Gasteiger charge is -2.33. The highest BCUT2D eigenvalue weighted by atomic mass is 16.6. The van der Waals surface area contributed by atoms with E-state index in [1.807, 2.05) is 0 Å². The number of hydrogen-bond acceptors (Lipinski definition) is 4. The van der Waals surface area contributed by atoms with Gasteiger partial charge in [-0.2, -0.15) is 0 Å². The standard InChI is InChI=1S/C20H30O4/c1-9-11-13-15-20(14-12-10-2,16(21)23-18(3,4)5)17(22)24-19(6,7)8/h9,11,13H,1,14-15H2,2-8H3/b13-11+. The first kappa shape index (κ1) is 22.0. The Labute approximate surface area is 146 Å². The van der Waals surface area contributed by atoms with Crippen LogP contribution in [0, 0.1) is 17.3 Å². The lowest BCUT2D eigenvalue weighted by molar-refractivity contribution is -0.184. The molecule has 0 heterocycles. The number of esters is 2. The van der Waals surface area contributed by atoms with E-state index in [1.54, 1.807) is 66.7 Å². The third-order valence-electron chi connectivity index (χ3n) is 2.88. The van der Waals surface area contributed by atoms with E-state index in [0.717, 1.165) is 0 Å². The van der Waals surface area contributed by atoms with Gasteiger partial charge in [-0.25, -0.2) is 0 Å². The lowest BCUT2D eigenvalue weighted by atomic mass is 9.80. The highest BCUT2D eigenvalue weighted by Gasteiger charge is 2.49. The molecule has 0 aliphatic rings. The molecule has 0 unspecified atom stereocenters. The minimum Gasteiger partial charge on any atom is -0.459 e. The maximum Gasteiger partial charge on any atom is 0.325 e. The van der Waals surface area contributed by atoms with Gasteiger partial charge >= 0.3 is 11.9 Å². The van der Waals surface area contributed by atoms with Gasteiger partial charge in [-0.15, -0.1) is 11.8 Å². The van der Waals surface area contributed by atoms with E-state index in [2.05, 4.69) is 18.4 Å². The van der Waals surface area contributed by atoms with Gasteiger partial charge in [0, 0.05) is 6.42 Å². The predicted molar refractivity (Wildman–Crippen MR) is 96.1 cm³/mol. The Morgan fingerprint density at radius 1 is 1.00 bits per heavy atom. The summed E-state index contributed by atoms with van der Waals surface area (Å²) >= 11 is 0. The Morgan fingerprint density at radius 3 is 1.79 bits per heavy atom. The van der Waals surface area contributed by atoms with Crippen molar-refractivity contribution < 1.29 is 19.1 Å². The van der Waals surface area contributed by atoms with Crippen LogP contribution < -0.4 is 0 Å². The summed E-state index contributed by atoms with van der Waals surface area (Å²) in [6, 6.07) is 0. The highest BCUT2D eigenvalue weighted by molar-refractivity contribution is 6.01. The minimum absolute atomic E-state index is 0.0365. The van der Waals surface area contributed by atoms with Crippen molar-refractivity contribution in [3.05, 3.63) is 24.8 Å². The third kappa shape index (κ3) is 7.50. The number of allylic oxidation sites excluding steroid dienone is 3. The van der Waals surface area contributed by atoms with Gasteiger partial charge in [0.05, 0.1) is 0 Å². The van der Waals surface area contributed by atoms with Crippen molar-refractivity contribution in [3.8, 4) is 11.8 Å². The summed E-state index contributed by atoms with van der Waals surface area (Å²) < 4.78 is 11.0. The molecule has 0 saturated heterocycles. The molecular weight excluding hydrogens is 304 g/mol. The van der Waals surface area contributed by atoms with Crippen LogP contribution in [0.25, 0.3) is 0 Å². The van der Waals surface area contributed by atoms with Crippen LogP contribution in [0.4, 0.5) is 0 Å². The van der Waals surface area contributed by atoms with E-state index in [-0.39, 0.29) is 12.8 Å². The van der Waals surface area contributed by atoms with E-state index in [0.29, 0.717) is 0 Å². The van der Waals surface area contributed by atoms with Crippen molar-refractivity contribution in [1.29, 1.82) is 0 Å². The Morgan fingerprint density at radius 2 is 1.46 bits per heavy atom. The Bertz CT molecular complexity index is 517. The molecule has 0 spiro atoms. The van der Waals surface area contributed by atoms with Crippen molar-refractivity contribution in [1.82, 2.24) is 0 Å². The molecule has 0 aliphatic heterocycles. The highest BCUT2D eigenvalue weighted by Crippen LogP contribution is 2.34. The van der Waals surface area contributed by atoms with Crippen molar-refractivity contribution in [3.63, 3.8) is 0 Å². The fourth-order valence-corrected chi connectivity index (χ4v) is 1.82. The van der Waals surface area contributed by atoms with Crippen molar-refractivity contribution >= 4 is 11.9 Å². The molecular formula is C20H30O4. The zero-order valence-electron chi connectivity index (χ0n) is 16.0. The van der Waals surface area contributed by atoms with Crippen LogP contribution in [-0.4, -0.2) is 23.1 Å². The molecule has 0 N–H and O–H groups in total. The van der Waals surface area contributed by atoms with Gasteiger partial charge in [0.15, 0.2) is 5.41 Å². The topological polar surface area (TPSA) is 52.6 Å². The first-order valence-corrected chi connectivity index (χ1v) is 8.02. The molecule has 0 aromatic carbocycles. The van der Waals surface area contributed by atoms with E-state index in [4.69, 9.17) is 9.47 Å². The number of ether oxygens (including phenoxy) is 2. The molecule has 0 aliphatic carbocycles. The molecule has 0 saturated carbocycles. The molecule has 0 atom stereocenters. The molecule has 4 heteroatoms. The van der Waals surface area contributed by atoms with Gasteiger partial charge in [-0.05, 0) is 54.9 Å². The van der Waals surface area contributed by atoms with Gasteiger partial charge in [-0.1, -0.05) is 24.8 Å². The summed E-state index contributed by atoms with van der Waals surface area (Å²) in [4.78, 5) is 25.7. The van der Waals surface area contributed by atoms with Crippen molar-refractivity contribution in [2.75, 3.05) is 0 Å². The molecule has 0 aromatic rings. The number of carbonyl (C=O) groups is 2. The summed E-state index contributed by atoms with van der Waals surface area (Å²) in [6.07, 6.45) is 5.15. The molecule has 0 bridgehead atoms. The van der Waals surface area contributed by atoms with Crippen molar-refractivity contribution in [2.24, 2.45) is 5.41 Å². The average molecular weight is 334 g/mol. The van der Waals surface area contributed by atoms with Crippen LogP contribution in [0.3, 0.4) is 0 Å². The largest absolute Gasteiger partial charge is 0.459 e. The predicted octanol–water partition coefficient (Wildman–Crippen LogP) is 4.20. The van der Waals surface area contributed by atoms with E-state index in [9.17, 15) is 9.59 Å². The third-order valence-corrected chi connectivity index (χ3v) is 2.88. The monoisotopic (exact) mass is 334 g/mol. The SMILES string of the molecule is C=C/C=C/CC(CC#CC)(C(=O)OC(C)(C)C)C(=O)OC(C)(C)C. The summed E-state index contributed by atoms with van der Waals surface area (Å²) in [7, 11) is 0. The van der Waals surface area contributed by atoms with Gasteiger partial charge in [-0.3, -0.25) is 9.59 Å². The Hall–Kier alpha value is -2.02. The summed E-state index contributed by atoms with van der Waals surface area (Å²) in [6.45, 7) is 15.8. The molecule has 0 aromatic heterocycles.